The molecule has 1 aliphatic heterocycles. The number of anilines is 1. The van der Waals surface area contributed by atoms with Crippen LogP contribution in [0.1, 0.15) is 24.1 Å². The van der Waals surface area contributed by atoms with Gasteiger partial charge in [-0.15, -0.1) is 0 Å². The van der Waals surface area contributed by atoms with E-state index in [9.17, 15) is 10.1 Å². The topological polar surface area (TPSA) is 59.3 Å². The predicted molar refractivity (Wildman–Crippen MR) is 105 cm³/mol. The summed E-state index contributed by atoms with van der Waals surface area (Å²) in [6.07, 6.45) is 6.49. The number of aromatic nitrogens is 1. The molecule has 1 aliphatic rings. The maximum atomic E-state index is 11.1. The van der Waals surface area contributed by atoms with Crippen LogP contribution in [0.15, 0.2) is 54.6 Å². The third-order valence-corrected chi connectivity index (χ3v) is 4.74. The highest BCUT2D eigenvalue weighted by atomic mass is 16.6. The SMILES string of the molecule is O=[N+]([O-])c1cccc2nc(/C=C/c3ccc(N4CCCC4)cc3)ccc12. The van der Waals surface area contributed by atoms with Crippen LogP contribution in [0, 0.1) is 10.1 Å². The van der Waals surface area contributed by atoms with E-state index in [-0.39, 0.29) is 10.6 Å². The molecule has 130 valence electrons. The molecule has 1 aromatic heterocycles. The summed E-state index contributed by atoms with van der Waals surface area (Å²) in [6, 6.07) is 17.1. The molecule has 0 amide bonds. The van der Waals surface area contributed by atoms with E-state index in [1.807, 2.05) is 18.2 Å². The smallest absolute Gasteiger partial charge is 0.278 e. The maximum Gasteiger partial charge on any atom is 0.278 e. The number of rotatable bonds is 4. The molecule has 26 heavy (non-hydrogen) atoms. The van der Waals surface area contributed by atoms with Gasteiger partial charge in [0.1, 0.15) is 0 Å². The second-order valence-corrected chi connectivity index (χ2v) is 6.46. The van der Waals surface area contributed by atoms with Crippen molar-refractivity contribution >= 4 is 34.4 Å². The van der Waals surface area contributed by atoms with E-state index in [2.05, 4.69) is 34.1 Å². The van der Waals surface area contributed by atoms with Crippen molar-refractivity contribution in [2.75, 3.05) is 18.0 Å². The van der Waals surface area contributed by atoms with Gasteiger partial charge < -0.3 is 4.90 Å². The highest BCUT2D eigenvalue weighted by molar-refractivity contribution is 5.89. The summed E-state index contributed by atoms with van der Waals surface area (Å²) in [6.45, 7) is 2.28. The van der Waals surface area contributed by atoms with Crippen LogP contribution in [0.4, 0.5) is 11.4 Å². The highest BCUT2D eigenvalue weighted by Crippen LogP contribution is 2.25. The van der Waals surface area contributed by atoms with Crippen LogP contribution in [0.5, 0.6) is 0 Å². The number of non-ortho nitro benzene ring substituents is 1. The first-order chi connectivity index (χ1) is 12.7. The van der Waals surface area contributed by atoms with Crippen LogP contribution in [-0.4, -0.2) is 23.0 Å². The molecule has 0 spiro atoms. The molecule has 5 heteroatoms. The van der Waals surface area contributed by atoms with Crippen molar-refractivity contribution in [3.63, 3.8) is 0 Å². The minimum Gasteiger partial charge on any atom is -0.372 e. The Morgan fingerprint density at radius 3 is 2.46 bits per heavy atom. The Bertz CT molecular complexity index is 974. The Balaban J connectivity index is 1.55. The first-order valence-corrected chi connectivity index (χ1v) is 8.78. The molecule has 2 heterocycles. The molecule has 0 bridgehead atoms. The van der Waals surface area contributed by atoms with E-state index in [1.54, 1.807) is 18.2 Å². The summed E-state index contributed by atoms with van der Waals surface area (Å²) < 4.78 is 0. The summed E-state index contributed by atoms with van der Waals surface area (Å²) in [7, 11) is 0. The number of benzene rings is 2. The van der Waals surface area contributed by atoms with Gasteiger partial charge in [-0.3, -0.25) is 10.1 Å². The number of hydrogen-bond acceptors (Lipinski definition) is 4. The Morgan fingerprint density at radius 2 is 1.73 bits per heavy atom. The number of nitro groups is 1. The van der Waals surface area contributed by atoms with E-state index in [0.717, 1.165) is 24.3 Å². The molecule has 0 unspecified atom stereocenters. The monoisotopic (exact) mass is 345 g/mol. The van der Waals surface area contributed by atoms with Gasteiger partial charge in [0.25, 0.3) is 5.69 Å². The normalized spacial score (nSPS) is 14.4. The van der Waals surface area contributed by atoms with Gasteiger partial charge in [0.2, 0.25) is 0 Å². The zero-order chi connectivity index (χ0) is 17.9. The van der Waals surface area contributed by atoms with Crippen molar-refractivity contribution in [3.8, 4) is 0 Å². The number of hydrogen-bond donors (Lipinski definition) is 0. The minimum atomic E-state index is -0.374. The van der Waals surface area contributed by atoms with Crippen molar-refractivity contribution in [2.45, 2.75) is 12.8 Å². The second-order valence-electron chi connectivity index (χ2n) is 6.46. The van der Waals surface area contributed by atoms with Gasteiger partial charge in [-0.2, -0.15) is 0 Å². The van der Waals surface area contributed by atoms with Crippen LogP contribution in [-0.2, 0) is 0 Å². The van der Waals surface area contributed by atoms with Crippen molar-refractivity contribution in [2.24, 2.45) is 0 Å². The Labute approximate surface area is 151 Å². The molecule has 0 N–H and O–H groups in total. The first kappa shape index (κ1) is 16.3. The van der Waals surface area contributed by atoms with Gasteiger partial charge in [0.05, 0.1) is 21.5 Å². The molecular weight excluding hydrogens is 326 g/mol. The first-order valence-electron chi connectivity index (χ1n) is 8.78. The van der Waals surface area contributed by atoms with E-state index in [1.165, 1.54) is 24.6 Å². The average molecular weight is 345 g/mol. The summed E-state index contributed by atoms with van der Waals surface area (Å²) in [5.74, 6) is 0. The number of pyridine rings is 1. The zero-order valence-electron chi connectivity index (χ0n) is 14.3. The molecule has 4 rings (SSSR count). The van der Waals surface area contributed by atoms with Crippen molar-refractivity contribution in [3.05, 3.63) is 76.0 Å². The van der Waals surface area contributed by atoms with Crippen LogP contribution >= 0.6 is 0 Å². The largest absolute Gasteiger partial charge is 0.372 e. The molecule has 0 aliphatic carbocycles. The fourth-order valence-electron chi connectivity index (χ4n) is 3.36. The Kier molecular flexibility index (Phi) is 4.35. The lowest BCUT2D eigenvalue weighted by molar-refractivity contribution is -0.383. The second kappa shape index (κ2) is 6.96. The maximum absolute atomic E-state index is 11.1. The van der Waals surface area contributed by atoms with Gasteiger partial charge in [0, 0.05) is 24.8 Å². The zero-order valence-corrected chi connectivity index (χ0v) is 14.3. The van der Waals surface area contributed by atoms with Gasteiger partial charge in [-0.1, -0.05) is 24.3 Å². The Hall–Kier alpha value is -3.21. The third kappa shape index (κ3) is 3.28. The van der Waals surface area contributed by atoms with Crippen LogP contribution in [0.3, 0.4) is 0 Å². The van der Waals surface area contributed by atoms with Gasteiger partial charge in [-0.05, 0) is 54.8 Å². The van der Waals surface area contributed by atoms with Crippen LogP contribution < -0.4 is 4.90 Å². The highest BCUT2D eigenvalue weighted by Gasteiger charge is 2.12. The lowest BCUT2D eigenvalue weighted by Gasteiger charge is -2.17. The summed E-state index contributed by atoms with van der Waals surface area (Å²) in [5.41, 5.74) is 3.88. The molecule has 1 saturated heterocycles. The number of fused-ring (bicyclic) bond motifs is 1. The summed E-state index contributed by atoms with van der Waals surface area (Å²) in [5, 5.41) is 11.7. The molecule has 1 fully saturated rings. The quantitative estimate of drug-likeness (QED) is 0.498. The van der Waals surface area contributed by atoms with Crippen LogP contribution in [0.2, 0.25) is 0 Å². The van der Waals surface area contributed by atoms with E-state index in [0.29, 0.717) is 10.9 Å². The lowest BCUT2D eigenvalue weighted by Crippen LogP contribution is -2.17. The molecular formula is C21H19N3O2. The van der Waals surface area contributed by atoms with Gasteiger partial charge >= 0.3 is 0 Å². The van der Waals surface area contributed by atoms with E-state index < -0.39 is 0 Å². The molecule has 5 nitrogen and oxygen atoms in total. The van der Waals surface area contributed by atoms with Crippen molar-refractivity contribution < 1.29 is 4.92 Å². The standard InChI is InChI=1S/C21H19N3O2/c25-24(26)21-5-3-4-20-19(21)13-10-17(22-20)9-6-16-7-11-18(12-8-16)23-14-1-2-15-23/h3-13H,1-2,14-15H2/b9-6+. The fourth-order valence-corrected chi connectivity index (χ4v) is 3.36. The average Bonchev–Trinajstić information content (AvgIpc) is 3.20. The van der Waals surface area contributed by atoms with Crippen molar-refractivity contribution in [1.29, 1.82) is 0 Å². The summed E-state index contributed by atoms with van der Waals surface area (Å²) in [4.78, 5) is 17.6. The predicted octanol–water partition coefficient (Wildman–Crippen LogP) is 4.91. The van der Waals surface area contributed by atoms with Gasteiger partial charge in [-0.25, -0.2) is 4.98 Å². The van der Waals surface area contributed by atoms with E-state index in [4.69, 9.17) is 0 Å². The molecule has 0 atom stereocenters. The Morgan fingerprint density at radius 1 is 0.962 bits per heavy atom. The molecule has 0 radical (unpaired) electrons. The summed E-state index contributed by atoms with van der Waals surface area (Å²) >= 11 is 0. The fraction of sp³-hybridized carbons (Fsp3) is 0.190. The van der Waals surface area contributed by atoms with Crippen molar-refractivity contribution in [1.82, 2.24) is 4.98 Å². The molecule has 2 aromatic carbocycles. The van der Waals surface area contributed by atoms with Crippen LogP contribution in [0.25, 0.3) is 23.1 Å². The molecule has 3 aromatic rings. The number of nitrogens with zero attached hydrogens (tertiary/aromatic N) is 3. The van der Waals surface area contributed by atoms with Gasteiger partial charge in [0.15, 0.2) is 0 Å². The lowest BCUT2D eigenvalue weighted by atomic mass is 10.1. The third-order valence-electron chi connectivity index (χ3n) is 4.74. The molecule has 0 saturated carbocycles. The number of nitro benzene ring substituents is 1. The minimum absolute atomic E-state index is 0.0861. The van der Waals surface area contributed by atoms with E-state index >= 15 is 0 Å².